The number of carbonyl (C=O) groups excluding carboxylic acids is 1. The number of para-hydroxylation sites is 1. The molecule has 0 spiro atoms. The fourth-order valence-electron chi connectivity index (χ4n) is 2.43. The summed E-state index contributed by atoms with van der Waals surface area (Å²) in [6.45, 7) is -0.124. The van der Waals surface area contributed by atoms with E-state index in [-0.39, 0.29) is 23.0 Å². The van der Waals surface area contributed by atoms with Gasteiger partial charge in [-0.1, -0.05) is 29.8 Å². The molecule has 0 aliphatic heterocycles. The number of benzene rings is 2. The van der Waals surface area contributed by atoms with Crippen LogP contribution < -0.4 is 5.32 Å². The maximum atomic E-state index is 12.8. The summed E-state index contributed by atoms with van der Waals surface area (Å²) in [7, 11) is 0. The molecule has 3 nitrogen and oxygen atoms in total. The van der Waals surface area contributed by atoms with Crippen molar-refractivity contribution >= 4 is 34.0 Å². The third-order valence-corrected chi connectivity index (χ3v) is 3.94. The zero-order chi connectivity index (χ0) is 17.3. The van der Waals surface area contributed by atoms with E-state index >= 15 is 0 Å². The molecule has 2 aromatic carbocycles. The lowest BCUT2D eigenvalue weighted by molar-refractivity contribution is -0.137. The van der Waals surface area contributed by atoms with Gasteiger partial charge in [-0.25, -0.2) is 0 Å². The van der Waals surface area contributed by atoms with Crippen LogP contribution in [0.4, 0.5) is 18.9 Å². The molecule has 2 N–H and O–H groups in total. The number of halogens is 4. The summed E-state index contributed by atoms with van der Waals surface area (Å²) in [5, 5.41) is 3.11. The zero-order valence-electron chi connectivity index (χ0n) is 12.2. The van der Waals surface area contributed by atoms with Crippen LogP contribution in [0.25, 0.3) is 10.9 Å². The van der Waals surface area contributed by atoms with E-state index in [0.29, 0.717) is 5.56 Å². The highest BCUT2D eigenvalue weighted by molar-refractivity contribution is 6.31. The maximum Gasteiger partial charge on any atom is 0.417 e. The average Bonchev–Trinajstić information content (AvgIpc) is 2.97. The molecule has 0 radical (unpaired) electrons. The predicted molar refractivity (Wildman–Crippen MR) is 87.6 cm³/mol. The molecular weight excluding hydrogens is 341 g/mol. The Kier molecular flexibility index (Phi) is 4.24. The molecule has 7 heteroatoms. The molecule has 0 saturated carbocycles. The van der Waals surface area contributed by atoms with Crippen molar-refractivity contribution < 1.29 is 18.0 Å². The van der Waals surface area contributed by atoms with Gasteiger partial charge < -0.3 is 10.3 Å². The Morgan fingerprint density at radius 3 is 2.67 bits per heavy atom. The van der Waals surface area contributed by atoms with E-state index in [1.807, 2.05) is 24.3 Å². The van der Waals surface area contributed by atoms with Crippen molar-refractivity contribution in [3.63, 3.8) is 0 Å². The van der Waals surface area contributed by atoms with Gasteiger partial charge in [-0.2, -0.15) is 13.2 Å². The quantitative estimate of drug-likeness (QED) is 0.639. The van der Waals surface area contributed by atoms with Crippen LogP contribution in [0.1, 0.15) is 15.9 Å². The topological polar surface area (TPSA) is 44.9 Å². The number of hydrogen-bond acceptors (Lipinski definition) is 2. The Morgan fingerprint density at radius 1 is 1.17 bits per heavy atom. The van der Waals surface area contributed by atoms with Crippen LogP contribution in [0, 0.1) is 0 Å². The summed E-state index contributed by atoms with van der Waals surface area (Å²) in [5.41, 5.74) is 0.559. The first-order chi connectivity index (χ1) is 11.4. The minimum Gasteiger partial charge on any atom is -0.378 e. The number of aromatic nitrogens is 1. The highest BCUT2D eigenvalue weighted by Crippen LogP contribution is 2.36. The van der Waals surface area contributed by atoms with Gasteiger partial charge in [-0.3, -0.25) is 4.79 Å². The number of rotatable bonds is 4. The average molecular weight is 353 g/mol. The molecule has 124 valence electrons. The minimum absolute atomic E-state index is 0.124. The van der Waals surface area contributed by atoms with Crippen LogP contribution in [-0.2, 0) is 6.18 Å². The van der Waals surface area contributed by atoms with E-state index in [2.05, 4.69) is 10.3 Å². The van der Waals surface area contributed by atoms with E-state index < -0.39 is 11.7 Å². The highest BCUT2D eigenvalue weighted by atomic mass is 35.5. The number of alkyl halides is 3. The predicted octanol–water partition coefficient (Wildman–Crippen LogP) is 5.13. The molecule has 3 aromatic rings. The lowest BCUT2D eigenvalue weighted by Crippen LogP contribution is -2.14. The van der Waals surface area contributed by atoms with Crippen LogP contribution in [0.2, 0.25) is 5.02 Å². The van der Waals surface area contributed by atoms with Gasteiger partial charge in [0.15, 0.2) is 5.78 Å². The van der Waals surface area contributed by atoms with Gasteiger partial charge in [0.25, 0.3) is 0 Å². The number of fused-ring (bicyclic) bond motifs is 1. The molecule has 3 rings (SSSR count). The second-order valence-electron chi connectivity index (χ2n) is 5.22. The summed E-state index contributed by atoms with van der Waals surface area (Å²) >= 11 is 5.57. The van der Waals surface area contributed by atoms with Crippen LogP contribution in [0.15, 0.2) is 48.7 Å². The smallest absolute Gasteiger partial charge is 0.378 e. The largest absolute Gasteiger partial charge is 0.417 e. The number of carbonyl (C=O) groups is 1. The Balaban J connectivity index is 1.77. The Bertz CT molecular complexity index is 902. The molecule has 1 aromatic heterocycles. The Hall–Kier alpha value is -2.47. The SMILES string of the molecule is O=C(CNc1ccc(Cl)c(C(F)(F)F)c1)c1c[nH]c2ccccc12. The fourth-order valence-corrected chi connectivity index (χ4v) is 2.66. The van der Waals surface area contributed by atoms with Crippen LogP contribution in [0.3, 0.4) is 0 Å². The van der Waals surface area contributed by atoms with Crippen molar-refractivity contribution in [3.8, 4) is 0 Å². The number of anilines is 1. The van der Waals surface area contributed by atoms with Crippen molar-refractivity contribution in [3.05, 3.63) is 64.8 Å². The Labute approximate surface area is 140 Å². The number of H-pyrrole nitrogens is 1. The normalized spacial score (nSPS) is 11.7. The summed E-state index contributed by atoms with van der Waals surface area (Å²) in [6.07, 6.45) is -2.95. The molecular formula is C17H12ClF3N2O. The van der Waals surface area contributed by atoms with Crippen molar-refractivity contribution in [1.82, 2.24) is 4.98 Å². The molecule has 0 bridgehead atoms. The third kappa shape index (κ3) is 3.23. The summed E-state index contributed by atoms with van der Waals surface area (Å²) < 4.78 is 38.5. The second-order valence-corrected chi connectivity index (χ2v) is 5.62. The number of ketones is 1. The fraction of sp³-hybridized carbons (Fsp3) is 0.118. The first kappa shape index (κ1) is 16.4. The van der Waals surface area contributed by atoms with E-state index in [1.54, 1.807) is 6.20 Å². The number of hydrogen-bond donors (Lipinski definition) is 2. The zero-order valence-corrected chi connectivity index (χ0v) is 13.0. The van der Waals surface area contributed by atoms with Gasteiger partial charge in [0.1, 0.15) is 0 Å². The van der Waals surface area contributed by atoms with E-state index in [4.69, 9.17) is 11.6 Å². The van der Waals surface area contributed by atoms with E-state index in [0.717, 1.165) is 23.0 Å². The van der Waals surface area contributed by atoms with Crippen molar-refractivity contribution in [1.29, 1.82) is 0 Å². The van der Waals surface area contributed by atoms with Gasteiger partial charge >= 0.3 is 6.18 Å². The van der Waals surface area contributed by atoms with Crippen molar-refractivity contribution in [2.24, 2.45) is 0 Å². The molecule has 0 unspecified atom stereocenters. The molecule has 0 aliphatic rings. The number of Topliss-reactive ketones (excluding diaryl/α,β-unsaturated/α-hetero) is 1. The lowest BCUT2D eigenvalue weighted by atomic mass is 10.1. The summed E-state index contributed by atoms with van der Waals surface area (Å²) in [6, 6.07) is 10.8. The minimum atomic E-state index is -4.55. The van der Waals surface area contributed by atoms with E-state index in [9.17, 15) is 18.0 Å². The molecule has 0 fully saturated rings. The summed E-state index contributed by atoms with van der Waals surface area (Å²) in [5.74, 6) is -0.226. The monoisotopic (exact) mass is 352 g/mol. The maximum absolute atomic E-state index is 12.8. The van der Waals surface area contributed by atoms with Crippen molar-refractivity contribution in [2.75, 3.05) is 11.9 Å². The summed E-state index contributed by atoms with van der Waals surface area (Å²) in [4.78, 5) is 15.3. The number of aromatic amines is 1. The Morgan fingerprint density at radius 2 is 1.92 bits per heavy atom. The highest BCUT2D eigenvalue weighted by Gasteiger charge is 2.33. The number of nitrogens with one attached hydrogen (secondary N) is 2. The molecule has 0 atom stereocenters. The van der Waals surface area contributed by atoms with Crippen LogP contribution in [0.5, 0.6) is 0 Å². The van der Waals surface area contributed by atoms with Gasteiger partial charge in [-0.05, 0) is 24.3 Å². The standard InChI is InChI=1S/C17H12ClF3N2O/c18-14-6-5-10(7-13(14)17(19,20)21)22-9-16(24)12-8-23-15-4-2-1-3-11(12)15/h1-8,22-23H,9H2. The van der Waals surface area contributed by atoms with Gasteiger partial charge in [0.05, 0.1) is 17.1 Å². The van der Waals surface area contributed by atoms with Crippen LogP contribution >= 0.6 is 11.6 Å². The van der Waals surface area contributed by atoms with Gasteiger partial charge in [0, 0.05) is 28.4 Å². The molecule has 1 heterocycles. The lowest BCUT2D eigenvalue weighted by Gasteiger charge is -2.12. The van der Waals surface area contributed by atoms with Crippen LogP contribution in [-0.4, -0.2) is 17.3 Å². The van der Waals surface area contributed by atoms with E-state index in [1.165, 1.54) is 6.07 Å². The first-order valence-corrected chi connectivity index (χ1v) is 7.44. The molecule has 0 saturated heterocycles. The molecule has 0 amide bonds. The van der Waals surface area contributed by atoms with Gasteiger partial charge in [-0.15, -0.1) is 0 Å². The molecule has 0 aliphatic carbocycles. The molecule has 24 heavy (non-hydrogen) atoms. The first-order valence-electron chi connectivity index (χ1n) is 7.06. The van der Waals surface area contributed by atoms with Crippen molar-refractivity contribution in [2.45, 2.75) is 6.18 Å². The van der Waals surface area contributed by atoms with Gasteiger partial charge in [0.2, 0.25) is 0 Å². The second kappa shape index (κ2) is 6.20. The third-order valence-electron chi connectivity index (χ3n) is 3.61.